The number of hydrogen-bond acceptors (Lipinski definition) is 4. The number of nitrogen functional groups attached to an aromatic ring is 1. The van der Waals surface area contributed by atoms with Gasteiger partial charge in [0.15, 0.2) is 0 Å². The predicted molar refractivity (Wildman–Crippen MR) is 77.3 cm³/mol. The molecule has 0 amide bonds. The molecule has 1 heterocycles. The van der Waals surface area contributed by atoms with E-state index < -0.39 is 6.04 Å². The maximum Gasteiger partial charge on any atom is 0.128 e. The van der Waals surface area contributed by atoms with Crippen LogP contribution in [0.25, 0.3) is 0 Å². The Bertz CT molecular complexity index is 574. The summed E-state index contributed by atoms with van der Waals surface area (Å²) in [5, 5.41) is 0.508. The van der Waals surface area contributed by atoms with Gasteiger partial charge in [-0.15, -0.1) is 0 Å². The lowest BCUT2D eigenvalue weighted by molar-refractivity contribution is 0.335. The molecule has 1 unspecified atom stereocenters. The van der Waals surface area contributed by atoms with Gasteiger partial charge >= 0.3 is 0 Å². The highest BCUT2D eigenvalue weighted by molar-refractivity contribution is 6.30. The molecule has 0 spiro atoms. The first kappa shape index (κ1) is 13.6. The molecule has 1 aromatic heterocycles. The number of para-hydroxylation sites is 1. The molecule has 2 rings (SSSR count). The first-order valence-corrected chi connectivity index (χ1v) is 6.39. The lowest BCUT2D eigenvalue weighted by Gasteiger charge is -2.18. The zero-order chi connectivity index (χ0) is 13.8. The number of hydrogen-bond donors (Lipinski definition) is 2. The van der Waals surface area contributed by atoms with Gasteiger partial charge in [0.25, 0.3) is 0 Å². The third-order valence-corrected chi connectivity index (χ3v) is 3.01. The van der Waals surface area contributed by atoms with Gasteiger partial charge in [-0.05, 0) is 19.1 Å². The van der Waals surface area contributed by atoms with Gasteiger partial charge in [-0.3, -0.25) is 0 Å². The van der Waals surface area contributed by atoms with Crippen LogP contribution in [0.4, 0.5) is 5.82 Å². The molecule has 0 aliphatic heterocycles. The molecule has 19 heavy (non-hydrogen) atoms. The number of rotatable bonds is 4. The SMILES string of the molecule is CCOc1ccccc1C(N)c1cc(Cl)cnc1N. The van der Waals surface area contributed by atoms with Gasteiger partial charge in [0, 0.05) is 17.3 Å². The van der Waals surface area contributed by atoms with Crippen molar-refractivity contribution >= 4 is 17.4 Å². The fraction of sp³-hybridized carbons (Fsp3) is 0.214. The molecule has 0 saturated heterocycles. The minimum absolute atomic E-state index is 0.378. The fourth-order valence-corrected chi connectivity index (χ4v) is 2.07. The lowest BCUT2D eigenvalue weighted by atomic mass is 9.99. The number of pyridine rings is 1. The highest BCUT2D eigenvalue weighted by Crippen LogP contribution is 2.31. The second-order valence-corrected chi connectivity index (χ2v) is 4.51. The molecule has 0 bridgehead atoms. The topological polar surface area (TPSA) is 74.2 Å². The number of ether oxygens (including phenoxy) is 1. The van der Waals surface area contributed by atoms with E-state index in [1.807, 2.05) is 31.2 Å². The van der Waals surface area contributed by atoms with E-state index in [4.69, 9.17) is 27.8 Å². The second kappa shape index (κ2) is 5.91. The normalized spacial score (nSPS) is 12.2. The summed E-state index contributed by atoms with van der Waals surface area (Å²) < 4.78 is 5.58. The van der Waals surface area contributed by atoms with E-state index in [0.29, 0.717) is 23.0 Å². The molecule has 0 aliphatic carbocycles. The van der Waals surface area contributed by atoms with Crippen LogP contribution in [0.3, 0.4) is 0 Å². The Kier molecular flexibility index (Phi) is 4.24. The first-order chi connectivity index (χ1) is 9.13. The molecular formula is C14H16ClN3O. The minimum atomic E-state index is -0.422. The van der Waals surface area contributed by atoms with Crippen LogP contribution < -0.4 is 16.2 Å². The number of nitrogens with two attached hydrogens (primary N) is 2. The van der Waals surface area contributed by atoms with Gasteiger partial charge in [0.05, 0.1) is 17.7 Å². The van der Waals surface area contributed by atoms with Crippen molar-refractivity contribution in [2.75, 3.05) is 12.3 Å². The van der Waals surface area contributed by atoms with Crippen LogP contribution >= 0.6 is 11.6 Å². The zero-order valence-electron chi connectivity index (χ0n) is 10.6. The van der Waals surface area contributed by atoms with Crippen molar-refractivity contribution in [3.05, 3.63) is 52.7 Å². The van der Waals surface area contributed by atoms with Gasteiger partial charge < -0.3 is 16.2 Å². The molecule has 0 radical (unpaired) electrons. The summed E-state index contributed by atoms with van der Waals surface area (Å²) in [6.07, 6.45) is 1.50. The summed E-state index contributed by atoms with van der Waals surface area (Å²) in [6.45, 7) is 2.50. The number of anilines is 1. The van der Waals surface area contributed by atoms with Crippen molar-refractivity contribution in [2.24, 2.45) is 5.73 Å². The number of nitrogens with zero attached hydrogens (tertiary/aromatic N) is 1. The van der Waals surface area contributed by atoms with Gasteiger partial charge in [-0.2, -0.15) is 0 Å². The Morgan fingerprint density at radius 2 is 2.05 bits per heavy atom. The van der Waals surface area contributed by atoms with Gasteiger partial charge in [0.1, 0.15) is 11.6 Å². The fourth-order valence-electron chi connectivity index (χ4n) is 1.91. The average molecular weight is 278 g/mol. The molecule has 1 atom stereocenters. The van der Waals surface area contributed by atoms with E-state index in [1.165, 1.54) is 6.20 Å². The molecule has 0 saturated carbocycles. The van der Waals surface area contributed by atoms with E-state index in [-0.39, 0.29) is 0 Å². The van der Waals surface area contributed by atoms with Crippen molar-refractivity contribution in [1.82, 2.24) is 4.98 Å². The van der Waals surface area contributed by atoms with Crippen LogP contribution in [0.15, 0.2) is 36.5 Å². The quantitative estimate of drug-likeness (QED) is 0.901. The molecule has 4 N–H and O–H groups in total. The van der Waals surface area contributed by atoms with E-state index in [9.17, 15) is 0 Å². The number of benzene rings is 1. The van der Waals surface area contributed by atoms with Crippen molar-refractivity contribution in [3.8, 4) is 5.75 Å². The van der Waals surface area contributed by atoms with Crippen LogP contribution in [0.2, 0.25) is 5.02 Å². The first-order valence-electron chi connectivity index (χ1n) is 6.01. The molecule has 100 valence electrons. The van der Waals surface area contributed by atoms with Crippen molar-refractivity contribution in [3.63, 3.8) is 0 Å². The molecule has 1 aromatic carbocycles. The minimum Gasteiger partial charge on any atom is -0.494 e. The van der Waals surface area contributed by atoms with Crippen LogP contribution in [-0.2, 0) is 0 Å². The summed E-state index contributed by atoms with van der Waals surface area (Å²) >= 11 is 5.94. The van der Waals surface area contributed by atoms with Gasteiger partial charge in [-0.25, -0.2) is 4.98 Å². The average Bonchev–Trinajstić information content (AvgIpc) is 2.42. The van der Waals surface area contributed by atoms with Crippen molar-refractivity contribution in [1.29, 1.82) is 0 Å². The number of aromatic nitrogens is 1. The summed E-state index contributed by atoms with van der Waals surface area (Å²) in [5.74, 6) is 1.13. The summed E-state index contributed by atoms with van der Waals surface area (Å²) in [5.41, 5.74) is 13.7. The maximum atomic E-state index is 6.26. The molecule has 0 fully saturated rings. The molecule has 0 aliphatic rings. The molecule has 5 heteroatoms. The molecule has 4 nitrogen and oxygen atoms in total. The highest BCUT2D eigenvalue weighted by Gasteiger charge is 2.17. The van der Waals surface area contributed by atoms with Gasteiger partial charge in [-0.1, -0.05) is 29.8 Å². The second-order valence-electron chi connectivity index (χ2n) is 4.08. The zero-order valence-corrected chi connectivity index (χ0v) is 11.4. The highest BCUT2D eigenvalue weighted by atomic mass is 35.5. The van der Waals surface area contributed by atoms with Gasteiger partial charge in [0.2, 0.25) is 0 Å². The third kappa shape index (κ3) is 2.97. The molecular weight excluding hydrogens is 262 g/mol. The van der Waals surface area contributed by atoms with Crippen LogP contribution in [0, 0.1) is 0 Å². The Morgan fingerprint density at radius 1 is 1.32 bits per heavy atom. The van der Waals surface area contributed by atoms with E-state index in [2.05, 4.69) is 4.98 Å². The Morgan fingerprint density at radius 3 is 2.79 bits per heavy atom. The van der Waals surface area contributed by atoms with E-state index >= 15 is 0 Å². The summed E-state index contributed by atoms with van der Waals surface area (Å²) in [4.78, 5) is 4.03. The lowest BCUT2D eigenvalue weighted by Crippen LogP contribution is -2.16. The summed E-state index contributed by atoms with van der Waals surface area (Å²) in [7, 11) is 0. The smallest absolute Gasteiger partial charge is 0.128 e. The number of halogens is 1. The largest absolute Gasteiger partial charge is 0.494 e. The van der Waals surface area contributed by atoms with Crippen molar-refractivity contribution < 1.29 is 4.74 Å². The van der Waals surface area contributed by atoms with Crippen LogP contribution in [-0.4, -0.2) is 11.6 Å². The maximum absolute atomic E-state index is 6.26. The van der Waals surface area contributed by atoms with Crippen LogP contribution in [0.5, 0.6) is 5.75 Å². The predicted octanol–water partition coefficient (Wildman–Crippen LogP) is 2.76. The Hall–Kier alpha value is -1.78. The molecule has 2 aromatic rings. The Balaban J connectivity index is 2.43. The van der Waals surface area contributed by atoms with E-state index in [1.54, 1.807) is 6.07 Å². The third-order valence-electron chi connectivity index (χ3n) is 2.81. The van der Waals surface area contributed by atoms with Crippen molar-refractivity contribution in [2.45, 2.75) is 13.0 Å². The standard InChI is InChI=1S/C14H16ClN3O/c1-2-19-12-6-4-3-5-10(12)13(16)11-7-9(15)8-18-14(11)17/h3-8,13H,2,16H2,1H3,(H2,17,18). The summed E-state index contributed by atoms with van der Waals surface area (Å²) in [6, 6.07) is 8.92. The Labute approximate surface area is 117 Å². The van der Waals surface area contributed by atoms with E-state index in [0.717, 1.165) is 11.3 Å². The van der Waals surface area contributed by atoms with Crippen LogP contribution in [0.1, 0.15) is 24.1 Å². The monoisotopic (exact) mass is 277 g/mol.